The van der Waals surface area contributed by atoms with Gasteiger partial charge in [-0.1, -0.05) is 13.8 Å². The van der Waals surface area contributed by atoms with Gasteiger partial charge in [-0.3, -0.25) is 0 Å². The summed E-state index contributed by atoms with van der Waals surface area (Å²) in [7, 11) is 0. The van der Waals surface area contributed by atoms with E-state index in [0.29, 0.717) is 12.2 Å². The van der Waals surface area contributed by atoms with Gasteiger partial charge in [0, 0.05) is 10.1 Å². The lowest BCUT2D eigenvalue weighted by atomic mass is 10.2. The number of carbonyl (C=O) groups excluding carboxylic acids is 1. The molecule has 3 nitrogen and oxygen atoms in total. The van der Waals surface area contributed by atoms with E-state index in [1.165, 1.54) is 0 Å². The molecule has 4 heteroatoms. The third kappa shape index (κ3) is 5.04. The maximum absolute atomic E-state index is 11.7. The fourth-order valence-electron chi connectivity index (χ4n) is 1.48. The molecule has 0 bridgehead atoms. The van der Waals surface area contributed by atoms with Gasteiger partial charge in [-0.15, -0.1) is 0 Å². The van der Waals surface area contributed by atoms with Crippen LogP contribution in [0.5, 0.6) is 0 Å². The summed E-state index contributed by atoms with van der Waals surface area (Å²) in [6, 6.07) is 7.39. The molecular formula is C13H18INO2. The first-order chi connectivity index (χ1) is 8.17. The summed E-state index contributed by atoms with van der Waals surface area (Å²) in [4.78, 5) is 13.9. The topological polar surface area (TPSA) is 29.5 Å². The fraction of sp³-hybridized carbons (Fsp3) is 0.462. The highest BCUT2D eigenvalue weighted by Gasteiger charge is 2.07. The van der Waals surface area contributed by atoms with E-state index >= 15 is 0 Å². The minimum absolute atomic E-state index is 0.242. The Morgan fingerprint density at radius 2 is 1.82 bits per heavy atom. The molecule has 0 atom stereocenters. The predicted molar refractivity (Wildman–Crippen MR) is 77.2 cm³/mol. The van der Waals surface area contributed by atoms with Gasteiger partial charge >= 0.3 is 5.97 Å². The van der Waals surface area contributed by atoms with Gasteiger partial charge in [0.1, 0.15) is 6.61 Å². The average Bonchev–Trinajstić information content (AvgIpc) is 2.35. The summed E-state index contributed by atoms with van der Waals surface area (Å²) in [5.41, 5.74) is 0.616. The van der Waals surface area contributed by atoms with Crippen molar-refractivity contribution < 1.29 is 9.53 Å². The molecule has 0 amide bonds. The van der Waals surface area contributed by atoms with Crippen LogP contribution in [0.25, 0.3) is 0 Å². The van der Waals surface area contributed by atoms with Crippen LogP contribution in [0.1, 0.15) is 24.2 Å². The van der Waals surface area contributed by atoms with Crippen LogP contribution in [0.2, 0.25) is 0 Å². The van der Waals surface area contributed by atoms with Crippen molar-refractivity contribution in [2.75, 3.05) is 26.2 Å². The summed E-state index contributed by atoms with van der Waals surface area (Å²) in [5.74, 6) is -0.242. The molecule has 0 aliphatic carbocycles. The molecule has 0 spiro atoms. The van der Waals surface area contributed by atoms with Crippen molar-refractivity contribution >= 4 is 28.6 Å². The predicted octanol–water partition coefficient (Wildman–Crippen LogP) is 2.79. The number of esters is 1. The lowest BCUT2D eigenvalue weighted by Gasteiger charge is -2.17. The molecule has 1 rings (SSSR count). The first kappa shape index (κ1) is 14.4. The number of halogens is 1. The Bertz CT molecular complexity index is 347. The summed E-state index contributed by atoms with van der Waals surface area (Å²) in [6.07, 6.45) is 0. The van der Waals surface area contributed by atoms with Crippen molar-refractivity contribution in [2.24, 2.45) is 0 Å². The molecule has 0 unspecified atom stereocenters. The zero-order valence-electron chi connectivity index (χ0n) is 10.3. The fourth-order valence-corrected chi connectivity index (χ4v) is 1.84. The Balaban J connectivity index is 2.37. The number of nitrogens with zero attached hydrogens (tertiary/aromatic N) is 1. The minimum Gasteiger partial charge on any atom is -0.461 e. The highest BCUT2D eigenvalue weighted by atomic mass is 127. The van der Waals surface area contributed by atoms with Crippen molar-refractivity contribution in [1.82, 2.24) is 4.90 Å². The van der Waals surface area contributed by atoms with Gasteiger partial charge in [-0.05, 0) is 59.9 Å². The standard InChI is InChI=1S/C13H18INO2/c1-3-15(4-2)9-10-17-13(16)11-5-7-12(14)8-6-11/h5-8H,3-4,9-10H2,1-2H3. The van der Waals surface area contributed by atoms with Gasteiger partial charge in [-0.2, -0.15) is 0 Å². The van der Waals surface area contributed by atoms with Crippen LogP contribution in [0.4, 0.5) is 0 Å². The maximum Gasteiger partial charge on any atom is 0.338 e. The van der Waals surface area contributed by atoms with Crippen molar-refractivity contribution in [3.63, 3.8) is 0 Å². The Hall–Kier alpha value is -0.620. The number of ether oxygens (including phenoxy) is 1. The molecule has 94 valence electrons. The minimum atomic E-state index is -0.242. The maximum atomic E-state index is 11.7. The largest absolute Gasteiger partial charge is 0.461 e. The Morgan fingerprint density at radius 1 is 1.24 bits per heavy atom. The summed E-state index contributed by atoms with van der Waals surface area (Å²) >= 11 is 2.21. The lowest BCUT2D eigenvalue weighted by molar-refractivity contribution is 0.0466. The van der Waals surface area contributed by atoms with E-state index in [2.05, 4.69) is 41.3 Å². The normalized spacial score (nSPS) is 10.6. The number of rotatable bonds is 6. The average molecular weight is 347 g/mol. The van der Waals surface area contributed by atoms with E-state index < -0.39 is 0 Å². The molecule has 0 saturated carbocycles. The van der Waals surface area contributed by atoms with Crippen molar-refractivity contribution in [3.05, 3.63) is 33.4 Å². The number of hydrogen-bond donors (Lipinski definition) is 0. The monoisotopic (exact) mass is 347 g/mol. The molecule has 0 aliphatic rings. The van der Waals surface area contributed by atoms with Crippen molar-refractivity contribution in [1.29, 1.82) is 0 Å². The quantitative estimate of drug-likeness (QED) is 0.586. The van der Waals surface area contributed by atoms with Crippen LogP contribution < -0.4 is 0 Å². The van der Waals surface area contributed by atoms with Gasteiger partial charge in [0.05, 0.1) is 5.56 Å². The Kier molecular flexibility index (Phi) is 6.50. The van der Waals surface area contributed by atoms with Crippen LogP contribution in [0.3, 0.4) is 0 Å². The van der Waals surface area contributed by atoms with E-state index in [1.54, 1.807) is 12.1 Å². The van der Waals surface area contributed by atoms with Gasteiger partial charge < -0.3 is 9.64 Å². The molecule has 1 aromatic rings. The summed E-state index contributed by atoms with van der Waals surface area (Å²) in [5, 5.41) is 0. The molecule has 0 aromatic heterocycles. The van der Waals surface area contributed by atoms with Gasteiger partial charge in [-0.25, -0.2) is 4.79 Å². The van der Waals surface area contributed by atoms with Gasteiger partial charge in [0.25, 0.3) is 0 Å². The second kappa shape index (κ2) is 7.66. The van der Waals surface area contributed by atoms with E-state index in [1.807, 2.05) is 12.1 Å². The molecule has 0 saturated heterocycles. The Labute approximate surface area is 116 Å². The number of benzene rings is 1. The van der Waals surface area contributed by atoms with Crippen LogP contribution in [-0.4, -0.2) is 37.1 Å². The van der Waals surface area contributed by atoms with Crippen LogP contribution in [0.15, 0.2) is 24.3 Å². The summed E-state index contributed by atoms with van der Waals surface area (Å²) in [6.45, 7) is 7.42. The number of carbonyl (C=O) groups is 1. The first-order valence-corrected chi connectivity index (χ1v) is 6.90. The molecule has 0 heterocycles. The van der Waals surface area contributed by atoms with E-state index in [-0.39, 0.29) is 5.97 Å². The second-order valence-corrected chi connectivity index (χ2v) is 4.92. The zero-order valence-corrected chi connectivity index (χ0v) is 12.4. The molecule has 0 aliphatic heterocycles. The molecule has 0 fully saturated rings. The van der Waals surface area contributed by atoms with Gasteiger partial charge in [0.15, 0.2) is 0 Å². The van der Waals surface area contributed by atoms with Gasteiger partial charge in [0.2, 0.25) is 0 Å². The third-order valence-corrected chi connectivity index (χ3v) is 3.33. The van der Waals surface area contributed by atoms with Crippen molar-refractivity contribution in [2.45, 2.75) is 13.8 Å². The molecule has 1 aromatic carbocycles. The molecule has 17 heavy (non-hydrogen) atoms. The van der Waals surface area contributed by atoms with E-state index in [4.69, 9.17) is 4.74 Å². The highest BCUT2D eigenvalue weighted by molar-refractivity contribution is 14.1. The highest BCUT2D eigenvalue weighted by Crippen LogP contribution is 2.07. The van der Waals surface area contributed by atoms with E-state index in [9.17, 15) is 4.79 Å². The number of likely N-dealkylation sites (N-methyl/N-ethyl adjacent to an activating group) is 1. The molecule has 0 N–H and O–H groups in total. The molecular weight excluding hydrogens is 329 g/mol. The van der Waals surface area contributed by atoms with Crippen LogP contribution in [-0.2, 0) is 4.74 Å². The number of hydrogen-bond acceptors (Lipinski definition) is 3. The summed E-state index contributed by atoms with van der Waals surface area (Å²) < 4.78 is 6.33. The smallest absolute Gasteiger partial charge is 0.338 e. The van der Waals surface area contributed by atoms with Crippen molar-refractivity contribution in [3.8, 4) is 0 Å². The first-order valence-electron chi connectivity index (χ1n) is 5.82. The van der Waals surface area contributed by atoms with E-state index in [0.717, 1.165) is 23.2 Å². The molecule has 0 radical (unpaired) electrons. The SMILES string of the molecule is CCN(CC)CCOC(=O)c1ccc(I)cc1. The van der Waals surface area contributed by atoms with Crippen LogP contribution >= 0.6 is 22.6 Å². The zero-order chi connectivity index (χ0) is 12.7. The lowest BCUT2D eigenvalue weighted by Crippen LogP contribution is -2.27. The van der Waals surface area contributed by atoms with Crippen LogP contribution in [0, 0.1) is 3.57 Å². The third-order valence-electron chi connectivity index (χ3n) is 2.62. The second-order valence-electron chi connectivity index (χ2n) is 3.67. The Morgan fingerprint density at radius 3 is 2.35 bits per heavy atom.